The van der Waals surface area contributed by atoms with E-state index < -0.39 is 11.6 Å². The SMILES string of the molecule is CCCc1c[nH]c(=S)n1C1COc2c(F)cc(F)cc2C1. The van der Waals surface area contributed by atoms with Crippen LogP contribution in [-0.4, -0.2) is 16.2 Å². The van der Waals surface area contributed by atoms with E-state index in [1.54, 1.807) is 0 Å². The van der Waals surface area contributed by atoms with Crippen LogP contribution in [-0.2, 0) is 12.8 Å². The van der Waals surface area contributed by atoms with Gasteiger partial charge >= 0.3 is 0 Å². The molecule has 2 heterocycles. The number of aryl methyl sites for hydroxylation is 1. The number of ether oxygens (including phenoxy) is 1. The Morgan fingerprint density at radius 3 is 3.00 bits per heavy atom. The highest BCUT2D eigenvalue weighted by atomic mass is 32.1. The number of H-pyrrole nitrogens is 1. The number of aromatic nitrogens is 2. The summed E-state index contributed by atoms with van der Waals surface area (Å²) < 4.78 is 35.2. The molecule has 0 saturated carbocycles. The second-order valence-electron chi connectivity index (χ2n) is 5.25. The topological polar surface area (TPSA) is 29.9 Å². The zero-order chi connectivity index (χ0) is 15.0. The number of rotatable bonds is 3. The molecule has 0 saturated heterocycles. The van der Waals surface area contributed by atoms with Gasteiger partial charge in [0.1, 0.15) is 12.4 Å². The lowest BCUT2D eigenvalue weighted by Gasteiger charge is -2.28. The van der Waals surface area contributed by atoms with E-state index in [0.717, 1.165) is 24.6 Å². The highest BCUT2D eigenvalue weighted by molar-refractivity contribution is 7.71. The van der Waals surface area contributed by atoms with Gasteiger partial charge < -0.3 is 14.3 Å². The third-order valence-electron chi connectivity index (χ3n) is 3.72. The molecule has 3 rings (SSSR count). The van der Waals surface area contributed by atoms with Gasteiger partial charge in [0.2, 0.25) is 0 Å². The van der Waals surface area contributed by atoms with Crippen molar-refractivity contribution >= 4 is 12.2 Å². The molecule has 0 amide bonds. The smallest absolute Gasteiger partial charge is 0.177 e. The van der Waals surface area contributed by atoms with Crippen LogP contribution in [0.1, 0.15) is 30.6 Å². The summed E-state index contributed by atoms with van der Waals surface area (Å²) in [6, 6.07) is 2.14. The molecule has 0 bridgehead atoms. The Morgan fingerprint density at radius 1 is 1.43 bits per heavy atom. The molecule has 0 spiro atoms. The fourth-order valence-electron chi connectivity index (χ4n) is 2.85. The molecule has 2 aromatic rings. The lowest BCUT2D eigenvalue weighted by atomic mass is 10.0. The first-order valence-electron chi connectivity index (χ1n) is 6.99. The van der Waals surface area contributed by atoms with Crippen LogP contribution in [0.3, 0.4) is 0 Å². The second-order valence-corrected chi connectivity index (χ2v) is 5.64. The number of fused-ring (bicyclic) bond motifs is 1. The molecule has 0 radical (unpaired) electrons. The van der Waals surface area contributed by atoms with Crippen molar-refractivity contribution in [1.29, 1.82) is 0 Å². The molecule has 1 unspecified atom stereocenters. The summed E-state index contributed by atoms with van der Waals surface area (Å²) in [5.41, 5.74) is 1.64. The van der Waals surface area contributed by atoms with E-state index in [-0.39, 0.29) is 11.8 Å². The lowest BCUT2D eigenvalue weighted by Crippen LogP contribution is -2.26. The molecule has 0 fully saturated rings. The van der Waals surface area contributed by atoms with Crippen molar-refractivity contribution in [1.82, 2.24) is 9.55 Å². The van der Waals surface area contributed by atoms with E-state index in [1.807, 2.05) is 10.8 Å². The van der Waals surface area contributed by atoms with Crippen LogP contribution in [0.4, 0.5) is 8.78 Å². The third kappa shape index (κ3) is 2.60. The first-order chi connectivity index (χ1) is 10.1. The van der Waals surface area contributed by atoms with Gasteiger partial charge in [-0.25, -0.2) is 8.78 Å². The molecule has 1 aliphatic heterocycles. The first kappa shape index (κ1) is 14.3. The number of benzene rings is 1. The van der Waals surface area contributed by atoms with Gasteiger partial charge in [0.25, 0.3) is 0 Å². The van der Waals surface area contributed by atoms with Gasteiger partial charge in [0.05, 0.1) is 6.04 Å². The standard InChI is InChI=1S/C15H16F2N2OS/c1-2-3-11-7-18-15(21)19(11)12-5-9-4-10(16)6-13(17)14(9)20-8-12/h4,6-7,12H,2-3,5,8H2,1H3,(H,18,21). The van der Waals surface area contributed by atoms with Gasteiger partial charge in [-0.1, -0.05) is 13.3 Å². The number of imidazole rings is 1. The Labute approximate surface area is 126 Å². The summed E-state index contributed by atoms with van der Waals surface area (Å²) in [5.74, 6) is -1.07. The maximum atomic E-state index is 13.7. The Hall–Kier alpha value is -1.69. The van der Waals surface area contributed by atoms with Gasteiger partial charge in [-0.2, -0.15) is 0 Å². The van der Waals surface area contributed by atoms with Crippen molar-refractivity contribution in [2.75, 3.05) is 6.61 Å². The molecule has 21 heavy (non-hydrogen) atoms. The fraction of sp³-hybridized carbons (Fsp3) is 0.400. The number of nitrogens with one attached hydrogen (secondary N) is 1. The molecular formula is C15H16F2N2OS. The quantitative estimate of drug-likeness (QED) is 0.870. The minimum atomic E-state index is -0.644. The highest BCUT2D eigenvalue weighted by Gasteiger charge is 2.26. The molecule has 0 aliphatic carbocycles. The minimum Gasteiger partial charge on any atom is -0.488 e. The van der Waals surface area contributed by atoms with E-state index in [9.17, 15) is 8.78 Å². The van der Waals surface area contributed by atoms with Gasteiger partial charge in [-0.15, -0.1) is 0 Å². The van der Waals surface area contributed by atoms with Crippen molar-refractivity contribution in [2.45, 2.75) is 32.2 Å². The zero-order valence-corrected chi connectivity index (χ0v) is 12.5. The molecule has 1 atom stereocenters. The monoisotopic (exact) mass is 310 g/mol. The summed E-state index contributed by atoms with van der Waals surface area (Å²) in [6.07, 6.45) is 4.30. The molecule has 1 aliphatic rings. The van der Waals surface area contributed by atoms with Crippen molar-refractivity contribution in [3.8, 4) is 5.75 Å². The number of nitrogens with zero attached hydrogens (tertiary/aromatic N) is 1. The van der Waals surface area contributed by atoms with E-state index in [2.05, 4.69) is 11.9 Å². The van der Waals surface area contributed by atoms with E-state index in [1.165, 1.54) is 6.07 Å². The molecule has 1 aromatic heterocycles. The van der Waals surface area contributed by atoms with Gasteiger partial charge in [-0.05, 0) is 24.7 Å². The van der Waals surface area contributed by atoms with Gasteiger partial charge in [0.15, 0.2) is 16.3 Å². The van der Waals surface area contributed by atoms with Crippen LogP contribution in [0, 0.1) is 16.4 Å². The number of halogens is 2. The van der Waals surface area contributed by atoms with E-state index in [0.29, 0.717) is 23.4 Å². The average Bonchev–Trinajstić information content (AvgIpc) is 2.79. The molecule has 3 nitrogen and oxygen atoms in total. The Morgan fingerprint density at radius 2 is 2.24 bits per heavy atom. The Balaban J connectivity index is 1.97. The van der Waals surface area contributed by atoms with Crippen LogP contribution >= 0.6 is 12.2 Å². The second kappa shape index (κ2) is 5.60. The first-order valence-corrected chi connectivity index (χ1v) is 7.40. The maximum Gasteiger partial charge on any atom is 0.177 e. The molecule has 1 N–H and O–H groups in total. The van der Waals surface area contributed by atoms with Crippen LogP contribution in [0.25, 0.3) is 0 Å². The number of aromatic amines is 1. The van der Waals surface area contributed by atoms with Crippen LogP contribution in [0.2, 0.25) is 0 Å². The van der Waals surface area contributed by atoms with Crippen molar-refractivity contribution in [3.05, 3.63) is 46.0 Å². The normalized spacial score (nSPS) is 17.4. The van der Waals surface area contributed by atoms with E-state index >= 15 is 0 Å². The summed E-state index contributed by atoms with van der Waals surface area (Å²) in [4.78, 5) is 3.04. The van der Waals surface area contributed by atoms with Crippen molar-refractivity contribution < 1.29 is 13.5 Å². The van der Waals surface area contributed by atoms with Crippen molar-refractivity contribution in [2.24, 2.45) is 0 Å². The van der Waals surface area contributed by atoms with Gasteiger partial charge in [0, 0.05) is 29.9 Å². The number of hydrogen-bond donors (Lipinski definition) is 1. The Bertz CT molecular complexity index is 723. The average molecular weight is 310 g/mol. The molecule has 1 aromatic carbocycles. The Kier molecular flexibility index (Phi) is 3.80. The molecule has 6 heteroatoms. The molecule has 112 valence electrons. The highest BCUT2D eigenvalue weighted by Crippen LogP contribution is 2.33. The zero-order valence-electron chi connectivity index (χ0n) is 11.7. The summed E-state index contributed by atoms with van der Waals surface area (Å²) in [7, 11) is 0. The predicted molar refractivity (Wildman–Crippen MR) is 78.2 cm³/mol. The van der Waals surface area contributed by atoms with Crippen LogP contribution < -0.4 is 4.74 Å². The third-order valence-corrected chi connectivity index (χ3v) is 4.04. The van der Waals surface area contributed by atoms with Gasteiger partial charge in [-0.3, -0.25) is 0 Å². The van der Waals surface area contributed by atoms with Crippen LogP contribution in [0.5, 0.6) is 5.75 Å². The predicted octanol–water partition coefficient (Wildman–Crippen LogP) is 3.95. The minimum absolute atomic E-state index is 0.0426. The maximum absolute atomic E-state index is 13.7. The van der Waals surface area contributed by atoms with Crippen molar-refractivity contribution in [3.63, 3.8) is 0 Å². The largest absolute Gasteiger partial charge is 0.488 e. The fourth-order valence-corrected chi connectivity index (χ4v) is 3.17. The number of hydrogen-bond acceptors (Lipinski definition) is 2. The van der Waals surface area contributed by atoms with E-state index in [4.69, 9.17) is 17.0 Å². The summed E-state index contributed by atoms with van der Waals surface area (Å²) in [6.45, 7) is 2.43. The van der Waals surface area contributed by atoms with Crippen LogP contribution in [0.15, 0.2) is 18.3 Å². The lowest BCUT2D eigenvalue weighted by molar-refractivity contribution is 0.210. The summed E-state index contributed by atoms with van der Waals surface area (Å²) in [5, 5.41) is 0. The summed E-state index contributed by atoms with van der Waals surface area (Å²) >= 11 is 5.32. The molecular weight excluding hydrogens is 294 g/mol.